The zero-order valence-corrected chi connectivity index (χ0v) is 21.5. The lowest BCUT2D eigenvalue weighted by atomic mass is 9.63. The van der Waals surface area contributed by atoms with Gasteiger partial charge in [0.2, 0.25) is 0 Å². The number of esters is 1. The second kappa shape index (κ2) is 9.41. The molecule has 0 spiro atoms. The average molecular weight is 472 g/mol. The van der Waals surface area contributed by atoms with Gasteiger partial charge in [0.1, 0.15) is 6.42 Å². The molecule has 33 heavy (non-hydrogen) atoms. The Morgan fingerprint density at radius 3 is 2.39 bits per heavy atom. The lowest BCUT2D eigenvalue weighted by molar-refractivity contribution is -0.143. The van der Waals surface area contributed by atoms with Gasteiger partial charge in [-0.2, -0.15) is 0 Å². The van der Waals surface area contributed by atoms with Crippen molar-refractivity contribution < 1.29 is 14.3 Å². The molecule has 0 N–H and O–H groups in total. The Morgan fingerprint density at radius 1 is 1.06 bits per heavy atom. The molecule has 4 rings (SSSR count). The molecular formula is C26H37N3O3S. The molecule has 1 aliphatic carbocycles. The molecule has 1 aromatic rings. The number of rotatable bonds is 5. The minimum atomic E-state index is -0.462. The van der Waals surface area contributed by atoms with Gasteiger partial charge in [-0.3, -0.25) is 19.5 Å². The second-order valence-electron chi connectivity index (χ2n) is 10.9. The number of hydrogen-bond donors (Lipinski definition) is 0. The highest BCUT2D eigenvalue weighted by Crippen LogP contribution is 2.47. The van der Waals surface area contributed by atoms with Gasteiger partial charge >= 0.3 is 5.97 Å². The quantitative estimate of drug-likeness (QED) is 0.479. The number of carbonyl (C=O) groups is 2. The SMILES string of the molecule is COC(=O)CC(=O)CN1CCN(C2=NC(c3ccc4c(c3)C(C)(C)CCC4(C)C)CS2)CC1. The van der Waals surface area contributed by atoms with Gasteiger partial charge in [-0.15, -0.1) is 0 Å². The third-order valence-corrected chi connectivity index (χ3v) is 8.61. The van der Waals surface area contributed by atoms with Crippen LogP contribution in [-0.4, -0.2) is 72.3 Å². The van der Waals surface area contributed by atoms with Crippen molar-refractivity contribution >= 4 is 28.7 Å². The highest BCUT2D eigenvalue weighted by atomic mass is 32.2. The summed E-state index contributed by atoms with van der Waals surface area (Å²) in [7, 11) is 1.31. The zero-order valence-electron chi connectivity index (χ0n) is 20.6. The Labute approximate surface area is 202 Å². The molecule has 0 amide bonds. The summed E-state index contributed by atoms with van der Waals surface area (Å²) >= 11 is 1.84. The van der Waals surface area contributed by atoms with Crippen LogP contribution in [0.15, 0.2) is 23.2 Å². The molecule has 1 aromatic carbocycles. The number of benzene rings is 1. The maximum atomic E-state index is 12.0. The molecule has 0 bridgehead atoms. The van der Waals surface area contributed by atoms with E-state index in [9.17, 15) is 9.59 Å². The monoisotopic (exact) mass is 471 g/mol. The van der Waals surface area contributed by atoms with Gasteiger partial charge in [-0.1, -0.05) is 57.7 Å². The molecule has 1 saturated heterocycles. The van der Waals surface area contributed by atoms with Crippen LogP contribution in [0.5, 0.6) is 0 Å². The Morgan fingerprint density at radius 2 is 1.73 bits per heavy atom. The minimum Gasteiger partial charge on any atom is -0.469 e. The van der Waals surface area contributed by atoms with Crippen LogP contribution in [0.4, 0.5) is 0 Å². The first-order valence-electron chi connectivity index (χ1n) is 12.0. The maximum Gasteiger partial charge on any atom is 0.313 e. The number of hydrogen-bond acceptors (Lipinski definition) is 7. The summed E-state index contributed by atoms with van der Waals surface area (Å²) in [6.45, 7) is 13.1. The molecule has 7 heteroatoms. The molecular weight excluding hydrogens is 434 g/mol. The number of carbonyl (C=O) groups excluding carboxylic acids is 2. The summed E-state index contributed by atoms with van der Waals surface area (Å²) in [6, 6.07) is 7.28. The fraction of sp³-hybridized carbons (Fsp3) is 0.654. The third-order valence-electron chi connectivity index (χ3n) is 7.51. The predicted octanol–water partition coefficient (Wildman–Crippen LogP) is 3.93. The molecule has 2 aliphatic heterocycles. The molecule has 0 saturated carbocycles. The van der Waals surface area contributed by atoms with Crippen molar-refractivity contribution in [3.8, 4) is 0 Å². The minimum absolute atomic E-state index is 0.0820. The summed E-state index contributed by atoms with van der Waals surface area (Å²) in [6.07, 6.45) is 2.31. The van der Waals surface area contributed by atoms with Crippen LogP contribution < -0.4 is 0 Å². The maximum absolute atomic E-state index is 12.0. The first-order chi connectivity index (χ1) is 15.6. The Bertz CT molecular complexity index is 948. The van der Waals surface area contributed by atoms with E-state index in [1.165, 1.54) is 36.6 Å². The van der Waals surface area contributed by atoms with E-state index in [1.807, 2.05) is 11.8 Å². The molecule has 2 heterocycles. The second-order valence-corrected chi connectivity index (χ2v) is 11.9. The van der Waals surface area contributed by atoms with Gasteiger partial charge in [0.15, 0.2) is 11.0 Å². The van der Waals surface area contributed by atoms with E-state index in [4.69, 9.17) is 4.99 Å². The summed E-state index contributed by atoms with van der Waals surface area (Å²) in [5.74, 6) is 0.437. The molecule has 1 unspecified atom stereocenters. The first-order valence-corrected chi connectivity index (χ1v) is 13.0. The van der Waals surface area contributed by atoms with Gasteiger partial charge in [0.25, 0.3) is 0 Å². The fourth-order valence-electron chi connectivity index (χ4n) is 5.15. The van der Waals surface area contributed by atoms with Crippen LogP contribution >= 0.6 is 11.8 Å². The van der Waals surface area contributed by atoms with E-state index in [-0.39, 0.29) is 29.1 Å². The van der Waals surface area contributed by atoms with Crippen molar-refractivity contribution in [2.24, 2.45) is 4.99 Å². The summed E-state index contributed by atoms with van der Waals surface area (Å²) in [5.41, 5.74) is 4.76. The predicted molar refractivity (Wildman–Crippen MR) is 134 cm³/mol. The van der Waals surface area contributed by atoms with Crippen LogP contribution in [0.1, 0.15) is 69.7 Å². The summed E-state index contributed by atoms with van der Waals surface area (Å²) in [4.78, 5) is 32.9. The Hall–Kier alpha value is -1.86. The van der Waals surface area contributed by atoms with Crippen LogP contribution in [0.2, 0.25) is 0 Å². The fourth-order valence-corrected chi connectivity index (χ4v) is 6.30. The van der Waals surface area contributed by atoms with Crippen molar-refractivity contribution in [1.82, 2.24) is 9.80 Å². The molecule has 1 atom stereocenters. The van der Waals surface area contributed by atoms with Crippen LogP contribution in [-0.2, 0) is 25.2 Å². The molecule has 3 aliphatic rings. The van der Waals surface area contributed by atoms with Crippen molar-refractivity contribution in [3.63, 3.8) is 0 Å². The van der Waals surface area contributed by atoms with Crippen molar-refractivity contribution in [2.75, 3.05) is 45.6 Å². The van der Waals surface area contributed by atoms with E-state index < -0.39 is 5.97 Å². The molecule has 180 valence electrons. The average Bonchev–Trinajstić information content (AvgIpc) is 3.27. The largest absolute Gasteiger partial charge is 0.469 e. The number of nitrogens with zero attached hydrogens (tertiary/aromatic N) is 3. The van der Waals surface area contributed by atoms with Gasteiger partial charge in [0, 0.05) is 31.9 Å². The zero-order chi connectivity index (χ0) is 23.8. The number of amidine groups is 1. The number of aliphatic imine (C=N–C) groups is 1. The van der Waals surface area contributed by atoms with Crippen LogP contribution in [0, 0.1) is 0 Å². The number of ketones is 1. The smallest absolute Gasteiger partial charge is 0.313 e. The number of thioether (sulfide) groups is 1. The summed E-state index contributed by atoms with van der Waals surface area (Å²) in [5, 5.41) is 1.12. The standard InChI is InChI=1S/C26H37N3O3S/c1-25(2)8-9-26(3,4)21-14-18(6-7-20(21)25)22-17-33-24(27-22)29-12-10-28(11-13-29)16-19(30)15-23(31)32-5/h6-7,14,22H,8-13,15-17H2,1-5H3. The molecule has 1 fully saturated rings. The Kier molecular flexibility index (Phi) is 6.92. The van der Waals surface area contributed by atoms with Crippen molar-refractivity contribution in [1.29, 1.82) is 0 Å². The van der Waals surface area contributed by atoms with E-state index in [0.29, 0.717) is 6.54 Å². The lowest BCUT2D eigenvalue weighted by Gasteiger charge is -2.42. The highest BCUT2D eigenvalue weighted by molar-refractivity contribution is 8.14. The Balaban J connectivity index is 1.39. The van der Waals surface area contributed by atoms with E-state index in [0.717, 1.165) is 37.1 Å². The van der Waals surface area contributed by atoms with E-state index in [1.54, 1.807) is 0 Å². The summed E-state index contributed by atoms with van der Waals surface area (Å²) < 4.78 is 4.59. The van der Waals surface area contributed by atoms with Gasteiger partial charge in [0.05, 0.1) is 19.7 Å². The third kappa shape index (κ3) is 5.29. The first kappa shape index (κ1) is 24.3. The van der Waals surface area contributed by atoms with E-state index >= 15 is 0 Å². The number of piperazine rings is 1. The van der Waals surface area contributed by atoms with Crippen LogP contribution in [0.25, 0.3) is 0 Å². The van der Waals surface area contributed by atoms with Gasteiger partial charge in [-0.05, 0) is 40.4 Å². The van der Waals surface area contributed by atoms with Crippen molar-refractivity contribution in [3.05, 3.63) is 34.9 Å². The van der Waals surface area contributed by atoms with Gasteiger partial charge in [-0.25, -0.2) is 0 Å². The number of ether oxygens (including phenoxy) is 1. The molecule has 0 radical (unpaired) electrons. The van der Waals surface area contributed by atoms with E-state index in [2.05, 4.69) is 60.4 Å². The molecule has 6 nitrogen and oxygen atoms in total. The van der Waals surface area contributed by atoms with Gasteiger partial charge < -0.3 is 9.64 Å². The topological polar surface area (TPSA) is 62.2 Å². The number of methoxy groups -OCH3 is 1. The number of Topliss-reactive ketones (excluding diaryl/α,β-unsaturated/α-hetero) is 1. The van der Waals surface area contributed by atoms with Crippen molar-refractivity contribution in [2.45, 2.75) is 63.8 Å². The molecule has 0 aromatic heterocycles. The van der Waals surface area contributed by atoms with Crippen LogP contribution in [0.3, 0.4) is 0 Å². The number of fused-ring (bicyclic) bond motifs is 1. The normalized spacial score (nSPS) is 24.2. The highest BCUT2D eigenvalue weighted by Gasteiger charge is 2.37. The lowest BCUT2D eigenvalue weighted by Crippen LogP contribution is -2.49.